The lowest BCUT2D eigenvalue weighted by atomic mass is 9.88. The van der Waals surface area contributed by atoms with Crippen molar-refractivity contribution < 1.29 is 14.3 Å². The minimum absolute atomic E-state index is 0.0200. The molecule has 4 heteroatoms. The predicted octanol–water partition coefficient (Wildman–Crippen LogP) is 1.84. The highest BCUT2D eigenvalue weighted by Crippen LogP contribution is 2.29. The minimum atomic E-state index is -0.474. The zero-order chi connectivity index (χ0) is 13.9. The molecule has 0 amide bonds. The number of hydrogen-bond donors (Lipinski definition) is 1. The summed E-state index contributed by atoms with van der Waals surface area (Å²) >= 11 is 0. The van der Waals surface area contributed by atoms with Gasteiger partial charge in [-0.25, -0.2) is 4.79 Å². The maximum atomic E-state index is 11.7. The molecule has 0 unspecified atom stereocenters. The van der Waals surface area contributed by atoms with Gasteiger partial charge in [0.2, 0.25) is 0 Å². The van der Waals surface area contributed by atoms with Crippen LogP contribution in [-0.4, -0.2) is 31.3 Å². The standard InChI is InChI=1S/C15H21NO3/c1-14(2,3)19-13(17)9-18-15(10-16-11-15)12-7-5-4-6-8-12/h4-8,16H,9-11H2,1-3H3. The van der Waals surface area contributed by atoms with Crippen molar-refractivity contribution in [2.75, 3.05) is 19.7 Å². The molecule has 1 aromatic carbocycles. The molecule has 1 aliphatic heterocycles. The number of carbonyl (C=O) groups is 1. The summed E-state index contributed by atoms with van der Waals surface area (Å²) in [5, 5.41) is 3.20. The van der Waals surface area contributed by atoms with Gasteiger partial charge in [0.25, 0.3) is 0 Å². The molecule has 1 N–H and O–H groups in total. The molecule has 0 atom stereocenters. The van der Waals surface area contributed by atoms with Crippen LogP contribution in [0.25, 0.3) is 0 Å². The monoisotopic (exact) mass is 263 g/mol. The maximum absolute atomic E-state index is 11.7. The zero-order valence-corrected chi connectivity index (χ0v) is 11.7. The van der Waals surface area contributed by atoms with Crippen LogP contribution in [0.4, 0.5) is 0 Å². The molecule has 1 aromatic rings. The molecule has 0 saturated carbocycles. The third kappa shape index (κ3) is 3.55. The normalized spacial score (nSPS) is 17.6. The SMILES string of the molecule is CC(C)(C)OC(=O)COC1(c2ccccc2)CNC1. The Morgan fingerprint density at radius 3 is 2.37 bits per heavy atom. The zero-order valence-electron chi connectivity index (χ0n) is 11.7. The Bertz CT molecular complexity index is 432. The number of esters is 1. The van der Waals surface area contributed by atoms with E-state index in [1.54, 1.807) is 0 Å². The van der Waals surface area contributed by atoms with Gasteiger partial charge in [0.05, 0.1) is 0 Å². The largest absolute Gasteiger partial charge is 0.458 e. The minimum Gasteiger partial charge on any atom is -0.458 e. The second-order valence-corrected chi connectivity index (χ2v) is 5.84. The quantitative estimate of drug-likeness (QED) is 0.842. The van der Waals surface area contributed by atoms with Crippen molar-refractivity contribution >= 4 is 5.97 Å². The first-order valence-corrected chi connectivity index (χ1v) is 6.53. The fourth-order valence-corrected chi connectivity index (χ4v) is 2.05. The van der Waals surface area contributed by atoms with Gasteiger partial charge in [-0.05, 0) is 26.3 Å². The molecule has 1 fully saturated rings. The van der Waals surface area contributed by atoms with Gasteiger partial charge in [0.1, 0.15) is 17.8 Å². The van der Waals surface area contributed by atoms with Crippen LogP contribution < -0.4 is 5.32 Å². The fourth-order valence-electron chi connectivity index (χ4n) is 2.05. The third-order valence-corrected chi connectivity index (χ3v) is 3.01. The van der Waals surface area contributed by atoms with Crippen molar-refractivity contribution in [1.29, 1.82) is 0 Å². The van der Waals surface area contributed by atoms with E-state index in [0.29, 0.717) is 0 Å². The van der Waals surface area contributed by atoms with E-state index >= 15 is 0 Å². The fraction of sp³-hybridized carbons (Fsp3) is 0.533. The van der Waals surface area contributed by atoms with Crippen LogP contribution in [0.1, 0.15) is 26.3 Å². The van der Waals surface area contributed by atoms with E-state index in [1.165, 1.54) is 0 Å². The van der Waals surface area contributed by atoms with Crippen LogP contribution in [-0.2, 0) is 19.9 Å². The molecule has 104 valence electrons. The van der Waals surface area contributed by atoms with Crippen molar-refractivity contribution in [2.45, 2.75) is 32.0 Å². The number of rotatable bonds is 4. The molecule has 0 aliphatic carbocycles. The highest BCUT2D eigenvalue weighted by atomic mass is 16.6. The molecule has 0 radical (unpaired) electrons. The molecule has 1 saturated heterocycles. The average molecular weight is 263 g/mol. The second-order valence-electron chi connectivity index (χ2n) is 5.84. The van der Waals surface area contributed by atoms with Crippen LogP contribution in [0.3, 0.4) is 0 Å². The van der Waals surface area contributed by atoms with Gasteiger partial charge in [0, 0.05) is 13.1 Å². The summed E-state index contributed by atoms with van der Waals surface area (Å²) in [6.07, 6.45) is 0. The van der Waals surface area contributed by atoms with Gasteiger partial charge in [-0.3, -0.25) is 0 Å². The molecule has 0 aromatic heterocycles. The maximum Gasteiger partial charge on any atom is 0.332 e. The summed E-state index contributed by atoms with van der Waals surface area (Å²) in [7, 11) is 0. The van der Waals surface area contributed by atoms with Gasteiger partial charge < -0.3 is 14.8 Å². The van der Waals surface area contributed by atoms with Crippen LogP contribution in [0.5, 0.6) is 0 Å². The number of ether oxygens (including phenoxy) is 2. The number of nitrogens with one attached hydrogen (secondary N) is 1. The lowest BCUT2D eigenvalue weighted by molar-refractivity contribution is -0.171. The molecule has 1 heterocycles. The number of benzene rings is 1. The Morgan fingerprint density at radius 2 is 1.89 bits per heavy atom. The smallest absolute Gasteiger partial charge is 0.332 e. The second kappa shape index (κ2) is 5.31. The Morgan fingerprint density at radius 1 is 1.26 bits per heavy atom. The van der Waals surface area contributed by atoms with Gasteiger partial charge in [0.15, 0.2) is 0 Å². The first kappa shape index (κ1) is 14.0. The van der Waals surface area contributed by atoms with E-state index < -0.39 is 11.2 Å². The van der Waals surface area contributed by atoms with Crippen molar-refractivity contribution in [3.63, 3.8) is 0 Å². The first-order chi connectivity index (χ1) is 8.91. The number of carbonyl (C=O) groups excluding carboxylic acids is 1. The molecule has 1 aliphatic rings. The van der Waals surface area contributed by atoms with E-state index in [0.717, 1.165) is 18.7 Å². The van der Waals surface area contributed by atoms with E-state index in [1.807, 2.05) is 51.1 Å². The predicted molar refractivity (Wildman–Crippen MR) is 72.8 cm³/mol. The summed E-state index contributed by atoms with van der Waals surface area (Å²) < 4.78 is 11.1. The van der Waals surface area contributed by atoms with Crippen molar-refractivity contribution in [2.24, 2.45) is 0 Å². The van der Waals surface area contributed by atoms with E-state index in [-0.39, 0.29) is 12.6 Å². The molecule has 0 spiro atoms. The van der Waals surface area contributed by atoms with E-state index in [9.17, 15) is 4.79 Å². The van der Waals surface area contributed by atoms with Gasteiger partial charge in [-0.2, -0.15) is 0 Å². The summed E-state index contributed by atoms with van der Waals surface area (Å²) in [6, 6.07) is 9.97. The summed E-state index contributed by atoms with van der Waals surface area (Å²) in [5.74, 6) is -0.324. The van der Waals surface area contributed by atoms with Crippen molar-refractivity contribution in [3.05, 3.63) is 35.9 Å². The molecule has 4 nitrogen and oxygen atoms in total. The lowest BCUT2D eigenvalue weighted by Gasteiger charge is -2.42. The summed E-state index contributed by atoms with van der Waals surface area (Å²) in [4.78, 5) is 11.7. The first-order valence-electron chi connectivity index (χ1n) is 6.53. The van der Waals surface area contributed by atoms with Crippen LogP contribution in [0, 0.1) is 0 Å². The molecule has 2 rings (SSSR count). The highest BCUT2D eigenvalue weighted by Gasteiger charge is 2.40. The third-order valence-electron chi connectivity index (χ3n) is 3.01. The average Bonchev–Trinajstić information content (AvgIpc) is 2.26. The van der Waals surface area contributed by atoms with Crippen molar-refractivity contribution in [3.8, 4) is 0 Å². The summed E-state index contributed by atoms with van der Waals surface area (Å²) in [5.41, 5.74) is 0.230. The van der Waals surface area contributed by atoms with Gasteiger partial charge in [-0.1, -0.05) is 30.3 Å². The molecular formula is C15H21NO3. The van der Waals surface area contributed by atoms with E-state index in [2.05, 4.69) is 5.32 Å². The van der Waals surface area contributed by atoms with Crippen LogP contribution >= 0.6 is 0 Å². The topological polar surface area (TPSA) is 47.6 Å². The molecule has 0 bridgehead atoms. The molecular weight excluding hydrogens is 242 g/mol. The molecule has 19 heavy (non-hydrogen) atoms. The Kier molecular flexibility index (Phi) is 3.92. The number of hydrogen-bond acceptors (Lipinski definition) is 4. The highest BCUT2D eigenvalue weighted by molar-refractivity contribution is 5.71. The Balaban J connectivity index is 1.95. The Hall–Kier alpha value is -1.39. The lowest BCUT2D eigenvalue weighted by Crippen LogP contribution is -2.59. The van der Waals surface area contributed by atoms with E-state index in [4.69, 9.17) is 9.47 Å². The van der Waals surface area contributed by atoms with Crippen LogP contribution in [0.2, 0.25) is 0 Å². The Labute approximate surface area is 114 Å². The van der Waals surface area contributed by atoms with Gasteiger partial charge in [-0.15, -0.1) is 0 Å². The summed E-state index contributed by atoms with van der Waals surface area (Å²) in [6.45, 7) is 6.97. The van der Waals surface area contributed by atoms with Gasteiger partial charge >= 0.3 is 5.97 Å². The van der Waals surface area contributed by atoms with Crippen LogP contribution in [0.15, 0.2) is 30.3 Å². The van der Waals surface area contributed by atoms with Crippen molar-refractivity contribution in [1.82, 2.24) is 5.32 Å².